The Labute approximate surface area is 97.3 Å². The van der Waals surface area contributed by atoms with Crippen molar-refractivity contribution in [1.29, 1.82) is 0 Å². The molecular formula is C11H22N2O3. The van der Waals surface area contributed by atoms with Gasteiger partial charge in [-0.25, -0.2) is 0 Å². The first kappa shape index (κ1) is 14.9. The summed E-state index contributed by atoms with van der Waals surface area (Å²) in [4.78, 5) is 25.8. The third-order valence-corrected chi connectivity index (χ3v) is 2.35. The summed E-state index contributed by atoms with van der Waals surface area (Å²) < 4.78 is 4.54. The van der Waals surface area contributed by atoms with Gasteiger partial charge in [-0.2, -0.15) is 0 Å². The van der Waals surface area contributed by atoms with E-state index in [2.05, 4.69) is 4.74 Å². The van der Waals surface area contributed by atoms with E-state index in [1.165, 1.54) is 7.11 Å². The van der Waals surface area contributed by atoms with Crippen LogP contribution in [0.3, 0.4) is 0 Å². The van der Waals surface area contributed by atoms with Crippen LogP contribution >= 0.6 is 0 Å². The molecule has 0 spiro atoms. The Hall–Kier alpha value is -1.10. The first-order valence-electron chi connectivity index (χ1n) is 5.43. The van der Waals surface area contributed by atoms with Crippen LogP contribution in [0.15, 0.2) is 0 Å². The molecule has 5 nitrogen and oxygen atoms in total. The van der Waals surface area contributed by atoms with Crippen molar-refractivity contribution in [2.75, 3.05) is 41.3 Å². The number of nitrogens with zero attached hydrogens (tertiary/aromatic N) is 2. The van der Waals surface area contributed by atoms with Crippen molar-refractivity contribution >= 4 is 11.9 Å². The molecule has 0 fully saturated rings. The number of ether oxygens (including phenoxy) is 1. The van der Waals surface area contributed by atoms with E-state index in [-0.39, 0.29) is 11.9 Å². The Balaban J connectivity index is 3.55. The first-order valence-corrected chi connectivity index (χ1v) is 5.43. The van der Waals surface area contributed by atoms with Gasteiger partial charge in [0, 0.05) is 33.5 Å². The number of amides is 1. The Morgan fingerprint density at radius 2 is 1.69 bits per heavy atom. The molecule has 16 heavy (non-hydrogen) atoms. The zero-order valence-corrected chi connectivity index (χ0v) is 10.7. The van der Waals surface area contributed by atoms with Gasteiger partial charge in [-0.3, -0.25) is 9.59 Å². The minimum atomic E-state index is -0.183. The van der Waals surface area contributed by atoms with Gasteiger partial charge in [0.2, 0.25) is 5.91 Å². The molecule has 0 aromatic heterocycles. The Morgan fingerprint density at radius 3 is 2.19 bits per heavy atom. The van der Waals surface area contributed by atoms with Crippen LogP contribution in [-0.4, -0.2) is 63.0 Å². The molecule has 0 aliphatic rings. The lowest BCUT2D eigenvalue weighted by atomic mass is 10.3. The molecule has 0 aromatic carbocycles. The Bertz CT molecular complexity index is 229. The molecule has 0 saturated heterocycles. The summed E-state index contributed by atoms with van der Waals surface area (Å²) in [6.07, 6.45) is 1.71. The van der Waals surface area contributed by atoms with Crippen LogP contribution in [0.4, 0.5) is 0 Å². The summed E-state index contributed by atoms with van der Waals surface area (Å²) in [5.74, 6) is -0.0578. The van der Waals surface area contributed by atoms with E-state index in [0.717, 1.165) is 19.5 Å². The van der Waals surface area contributed by atoms with Crippen molar-refractivity contribution in [3.8, 4) is 0 Å². The van der Waals surface area contributed by atoms with E-state index in [0.29, 0.717) is 12.8 Å². The molecule has 0 N–H and O–H groups in total. The lowest BCUT2D eigenvalue weighted by molar-refractivity contribution is -0.140. The number of hydrogen-bond acceptors (Lipinski definition) is 4. The van der Waals surface area contributed by atoms with E-state index in [1.54, 1.807) is 19.0 Å². The van der Waals surface area contributed by atoms with Crippen molar-refractivity contribution < 1.29 is 14.3 Å². The number of hydrogen-bond donors (Lipinski definition) is 0. The van der Waals surface area contributed by atoms with Crippen LogP contribution < -0.4 is 0 Å². The second-order valence-corrected chi connectivity index (χ2v) is 4.02. The summed E-state index contributed by atoms with van der Waals surface area (Å²) in [7, 11) is 6.83. The highest BCUT2D eigenvalue weighted by Crippen LogP contribution is 1.97. The molecule has 0 atom stereocenters. The zero-order chi connectivity index (χ0) is 12.6. The van der Waals surface area contributed by atoms with Crippen molar-refractivity contribution in [3.63, 3.8) is 0 Å². The first-order chi connectivity index (χ1) is 7.47. The normalized spacial score (nSPS) is 10.3. The van der Waals surface area contributed by atoms with Crippen LogP contribution in [0, 0.1) is 0 Å². The lowest BCUT2D eigenvalue weighted by Crippen LogP contribution is -2.28. The highest BCUT2D eigenvalue weighted by Gasteiger charge is 2.07. The van der Waals surface area contributed by atoms with Gasteiger partial charge < -0.3 is 14.5 Å². The van der Waals surface area contributed by atoms with Crippen LogP contribution in [0.1, 0.15) is 19.3 Å². The van der Waals surface area contributed by atoms with E-state index in [1.807, 2.05) is 11.9 Å². The number of carbonyl (C=O) groups excluding carboxylic acids is 2. The monoisotopic (exact) mass is 230 g/mol. The molecule has 0 heterocycles. The van der Waals surface area contributed by atoms with E-state index >= 15 is 0 Å². The second-order valence-electron chi connectivity index (χ2n) is 4.02. The average Bonchev–Trinajstić information content (AvgIpc) is 2.25. The van der Waals surface area contributed by atoms with Crippen LogP contribution in [0.5, 0.6) is 0 Å². The molecule has 5 heteroatoms. The average molecular weight is 230 g/mol. The SMILES string of the molecule is COC(=O)CCCN(C)CCC(=O)N(C)C. The molecule has 0 rings (SSSR count). The van der Waals surface area contributed by atoms with Crippen molar-refractivity contribution in [2.45, 2.75) is 19.3 Å². The topological polar surface area (TPSA) is 49.9 Å². The summed E-state index contributed by atoms with van der Waals surface area (Å²) in [6, 6.07) is 0. The fourth-order valence-electron chi connectivity index (χ4n) is 1.22. The van der Waals surface area contributed by atoms with Gasteiger partial charge in [-0.15, -0.1) is 0 Å². The predicted octanol–water partition coefficient (Wildman–Crippen LogP) is 0.350. The molecule has 94 valence electrons. The summed E-state index contributed by atoms with van der Waals surface area (Å²) in [6.45, 7) is 1.52. The molecule has 0 aliphatic heterocycles. The lowest BCUT2D eigenvalue weighted by Gasteiger charge is -2.17. The minimum absolute atomic E-state index is 0.125. The Morgan fingerprint density at radius 1 is 1.06 bits per heavy atom. The zero-order valence-electron chi connectivity index (χ0n) is 10.7. The van der Waals surface area contributed by atoms with Gasteiger partial charge in [0.15, 0.2) is 0 Å². The molecule has 0 saturated carbocycles. The van der Waals surface area contributed by atoms with E-state index in [9.17, 15) is 9.59 Å². The van der Waals surface area contributed by atoms with E-state index in [4.69, 9.17) is 0 Å². The fourth-order valence-corrected chi connectivity index (χ4v) is 1.22. The molecule has 0 bridgehead atoms. The predicted molar refractivity (Wildman–Crippen MR) is 62.1 cm³/mol. The Kier molecular flexibility index (Phi) is 7.54. The number of methoxy groups -OCH3 is 1. The van der Waals surface area contributed by atoms with Crippen molar-refractivity contribution in [2.24, 2.45) is 0 Å². The number of rotatable bonds is 7. The highest BCUT2D eigenvalue weighted by molar-refractivity contribution is 5.75. The maximum Gasteiger partial charge on any atom is 0.305 e. The maximum atomic E-state index is 11.3. The van der Waals surface area contributed by atoms with Crippen LogP contribution in [0.25, 0.3) is 0 Å². The standard InChI is InChI=1S/C11H22N2O3/c1-12(2)10(14)7-9-13(3)8-5-6-11(15)16-4/h5-9H2,1-4H3. The molecule has 1 amide bonds. The molecular weight excluding hydrogens is 208 g/mol. The highest BCUT2D eigenvalue weighted by atomic mass is 16.5. The third-order valence-electron chi connectivity index (χ3n) is 2.35. The van der Waals surface area contributed by atoms with E-state index < -0.39 is 0 Å². The van der Waals surface area contributed by atoms with Gasteiger partial charge in [-0.05, 0) is 20.0 Å². The van der Waals surface area contributed by atoms with Gasteiger partial charge in [-0.1, -0.05) is 0 Å². The minimum Gasteiger partial charge on any atom is -0.469 e. The maximum absolute atomic E-state index is 11.3. The fraction of sp³-hybridized carbons (Fsp3) is 0.818. The number of carbonyl (C=O) groups is 2. The van der Waals surface area contributed by atoms with Crippen molar-refractivity contribution in [3.05, 3.63) is 0 Å². The molecule has 0 aromatic rings. The summed E-state index contributed by atoms with van der Waals surface area (Å²) in [5, 5.41) is 0. The largest absolute Gasteiger partial charge is 0.469 e. The second kappa shape index (κ2) is 8.10. The van der Waals surface area contributed by atoms with Crippen LogP contribution in [0.2, 0.25) is 0 Å². The molecule has 0 unspecified atom stereocenters. The number of esters is 1. The summed E-state index contributed by atoms with van der Waals surface area (Å²) >= 11 is 0. The van der Waals surface area contributed by atoms with Crippen molar-refractivity contribution in [1.82, 2.24) is 9.80 Å². The smallest absolute Gasteiger partial charge is 0.305 e. The quantitative estimate of drug-likeness (QED) is 0.592. The molecule has 0 aliphatic carbocycles. The summed E-state index contributed by atoms with van der Waals surface area (Å²) in [5.41, 5.74) is 0. The van der Waals surface area contributed by atoms with Gasteiger partial charge in [0.05, 0.1) is 7.11 Å². The van der Waals surface area contributed by atoms with Gasteiger partial charge in [0.25, 0.3) is 0 Å². The third kappa shape index (κ3) is 7.23. The van der Waals surface area contributed by atoms with Gasteiger partial charge >= 0.3 is 5.97 Å². The van der Waals surface area contributed by atoms with Gasteiger partial charge in [0.1, 0.15) is 0 Å². The van der Waals surface area contributed by atoms with Crippen LogP contribution in [-0.2, 0) is 14.3 Å². The molecule has 0 radical (unpaired) electrons.